The average molecular weight is 367 g/mol. The van der Waals surface area contributed by atoms with Crippen molar-refractivity contribution in [2.75, 3.05) is 36.4 Å². The van der Waals surface area contributed by atoms with Crippen molar-refractivity contribution in [3.05, 3.63) is 47.8 Å². The second-order valence-corrected chi connectivity index (χ2v) is 6.97. The first kappa shape index (κ1) is 19.1. The second kappa shape index (κ2) is 9.90. The van der Waals surface area contributed by atoms with Crippen LogP contribution in [0.3, 0.4) is 0 Å². The van der Waals surface area contributed by atoms with E-state index in [0.717, 1.165) is 37.0 Å². The van der Waals surface area contributed by atoms with Gasteiger partial charge in [-0.15, -0.1) is 0 Å². The maximum Gasteiger partial charge on any atom is 0.220 e. The molecule has 2 heterocycles. The Morgan fingerprint density at radius 3 is 2.63 bits per heavy atom. The third-order valence-corrected chi connectivity index (χ3v) is 4.74. The van der Waals surface area contributed by atoms with E-state index in [1.165, 1.54) is 24.8 Å². The van der Waals surface area contributed by atoms with E-state index in [0.29, 0.717) is 19.5 Å². The molecule has 0 saturated carbocycles. The molecule has 0 spiro atoms. The van der Waals surface area contributed by atoms with Gasteiger partial charge in [-0.2, -0.15) is 0 Å². The number of carbonyl (C=O) groups is 1. The Morgan fingerprint density at radius 2 is 1.85 bits per heavy atom. The number of aryl methyl sites for hydroxylation is 2. The molecule has 144 valence electrons. The van der Waals surface area contributed by atoms with Gasteiger partial charge in [0.2, 0.25) is 5.91 Å². The number of carbonyl (C=O) groups excluding carboxylic acids is 1. The largest absolute Gasteiger partial charge is 0.368 e. The van der Waals surface area contributed by atoms with Gasteiger partial charge < -0.3 is 15.5 Å². The molecule has 2 N–H and O–H groups in total. The normalized spacial score (nSPS) is 14.0. The van der Waals surface area contributed by atoms with Gasteiger partial charge in [0.05, 0.1) is 0 Å². The van der Waals surface area contributed by atoms with E-state index in [2.05, 4.69) is 25.5 Å². The minimum Gasteiger partial charge on any atom is -0.368 e. The number of piperidine rings is 1. The van der Waals surface area contributed by atoms with Gasteiger partial charge in [-0.1, -0.05) is 30.3 Å². The summed E-state index contributed by atoms with van der Waals surface area (Å²) in [5.41, 5.74) is 1.19. The predicted molar refractivity (Wildman–Crippen MR) is 109 cm³/mol. The zero-order valence-electron chi connectivity index (χ0n) is 16.1. The summed E-state index contributed by atoms with van der Waals surface area (Å²) in [7, 11) is 0. The third-order valence-electron chi connectivity index (χ3n) is 4.74. The minimum atomic E-state index is 0.0773. The number of benzene rings is 1. The first-order valence-corrected chi connectivity index (χ1v) is 9.86. The first-order valence-electron chi connectivity index (χ1n) is 9.86. The zero-order chi connectivity index (χ0) is 18.9. The summed E-state index contributed by atoms with van der Waals surface area (Å²) in [6, 6.07) is 12.1. The lowest BCUT2D eigenvalue weighted by Gasteiger charge is -2.28. The number of rotatable bonds is 8. The molecule has 1 aromatic carbocycles. The summed E-state index contributed by atoms with van der Waals surface area (Å²) < 4.78 is 0. The van der Waals surface area contributed by atoms with E-state index < -0.39 is 0 Å². The Morgan fingerprint density at radius 1 is 1.07 bits per heavy atom. The van der Waals surface area contributed by atoms with Crippen molar-refractivity contribution in [2.24, 2.45) is 0 Å². The smallest absolute Gasteiger partial charge is 0.220 e. The fourth-order valence-corrected chi connectivity index (χ4v) is 3.31. The molecule has 1 aliphatic rings. The lowest BCUT2D eigenvalue weighted by molar-refractivity contribution is -0.120. The summed E-state index contributed by atoms with van der Waals surface area (Å²) in [5, 5.41) is 6.26. The number of amides is 1. The van der Waals surface area contributed by atoms with Crippen LogP contribution in [0.2, 0.25) is 0 Å². The van der Waals surface area contributed by atoms with Gasteiger partial charge in [0.1, 0.15) is 17.5 Å². The van der Waals surface area contributed by atoms with Gasteiger partial charge in [-0.3, -0.25) is 4.79 Å². The maximum absolute atomic E-state index is 12.0. The highest BCUT2D eigenvalue weighted by Gasteiger charge is 2.13. The van der Waals surface area contributed by atoms with Crippen molar-refractivity contribution >= 4 is 17.5 Å². The SMILES string of the molecule is Cc1nc(NCCNC(=O)CCc2ccccc2)cc(N2CCCCC2)n1. The van der Waals surface area contributed by atoms with Gasteiger partial charge in [0.15, 0.2) is 0 Å². The fourth-order valence-electron chi connectivity index (χ4n) is 3.31. The average Bonchev–Trinajstić information content (AvgIpc) is 2.71. The van der Waals surface area contributed by atoms with Crippen LogP contribution in [0, 0.1) is 6.92 Å². The van der Waals surface area contributed by atoms with E-state index in [9.17, 15) is 4.79 Å². The van der Waals surface area contributed by atoms with Gasteiger partial charge in [-0.25, -0.2) is 9.97 Å². The Labute approximate surface area is 161 Å². The summed E-state index contributed by atoms with van der Waals surface area (Å²) in [6.45, 7) is 5.27. The summed E-state index contributed by atoms with van der Waals surface area (Å²) in [6.07, 6.45) is 5.03. The highest BCUT2D eigenvalue weighted by atomic mass is 16.1. The maximum atomic E-state index is 12.0. The highest BCUT2D eigenvalue weighted by molar-refractivity contribution is 5.76. The lowest BCUT2D eigenvalue weighted by atomic mass is 10.1. The molecule has 0 atom stereocenters. The van der Waals surface area contributed by atoms with Crippen molar-refractivity contribution in [1.82, 2.24) is 15.3 Å². The van der Waals surface area contributed by atoms with E-state index in [4.69, 9.17) is 0 Å². The van der Waals surface area contributed by atoms with E-state index in [1.54, 1.807) is 0 Å². The molecule has 0 radical (unpaired) electrons. The van der Waals surface area contributed by atoms with Gasteiger partial charge in [0, 0.05) is 38.7 Å². The van der Waals surface area contributed by atoms with Crippen molar-refractivity contribution in [3.63, 3.8) is 0 Å². The Hall–Kier alpha value is -2.63. The van der Waals surface area contributed by atoms with Crippen LogP contribution < -0.4 is 15.5 Å². The van der Waals surface area contributed by atoms with Crippen LogP contribution in [0.25, 0.3) is 0 Å². The molecule has 0 aliphatic carbocycles. The fraction of sp³-hybridized carbons (Fsp3) is 0.476. The minimum absolute atomic E-state index is 0.0773. The van der Waals surface area contributed by atoms with Crippen LogP contribution in [-0.4, -0.2) is 42.1 Å². The lowest BCUT2D eigenvalue weighted by Crippen LogP contribution is -2.31. The molecule has 0 bridgehead atoms. The Kier molecular flexibility index (Phi) is 7.02. The molecule has 3 rings (SSSR count). The Bertz CT molecular complexity index is 729. The van der Waals surface area contributed by atoms with Crippen molar-refractivity contribution in [2.45, 2.75) is 39.0 Å². The quantitative estimate of drug-likeness (QED) is 0.702. The molecule has 2 aromatic rings. The van der Waals surface area contributed by atoms with Crippen LogP contribution in [0.5, 0.6) is 0 Å². The molecular formula is C21H29N5O. The Balaban J connectivity index is 1.40. The van der Waals surface area contributed by atoms with Gasteiger partial charge in [-0.05, 0) is 38.2 Å². The van der Waals surface area contributed by atoms with Crippen molar-refractivity contribution in [1.29, 1.82) is 0 Å². The molecule has 1 fully saturated rings. The van der Waals surface area contributed by atoms with E-state index >= 15 is 0 Å². The van der Waals surface area contributed by atoms with Crippen molar-refractivity contribution < 1.29 is 4.79 Å². The topological polar surface area (TPSA) is 70.2 Å². The zero-order valence-corrected chi connectivity index (χ0v) is 16.1. The van der Waals surface area contributed by atoms with Gasteiger partial charge in [0.25, 0.3) is 0 Å². The summed E-state index contributed by atoms with van der Waals surface area (Å²) >= 11 is 0. The second-order valence-electron chi connectivity index (χ2n) is 6.97. The number of hydrogen-bond acceptors (Lipinski definition) is 5. The number of nitrogens with one attached hydrogen (secondary N) is 2. The van der Waals surface area contributed by atoms with Gasteiger partial charge >= 0.3 is 0 Å². The molecule has 6 nitrogen and oxygen atoms in total. The molecule has 1 saturated heterocycles. The molecule has 6 heteroatoms. The number of nitrogens with zero attached hydrogens (tertiary/aromatic N) is 3. The summed E-state index contributed by atoms with van der Waals surface area (Å²) in [5.74, 6) is 2.67. The third kappa shape index (κ3) is 6.24. The molecule has 1 aromatic heterocycles. The van der Waals surface area contributed by atoms with E-state index in [-0.39, 0.29) is 5.91 Å². The van der Waals surface area contributed by atoms with E-state index in [1.807, 2.05) is 43.3 Å². The predicted octanol–water partition coefficient (Wildman–Crippen LogP) is 2.94. The van der Waals surface area contributed by atoms with Crippen LogP contribution in [-0.2, 0) is 11.2 Å². The first-order chi connectivity index (χ1) is 13.2. The monoisotopic (exact) mass is 367 g/mol. The molecule has 27 heavy (non-hydrogen) atoms. The number of anilines is 2. The molecular weight excluding hydrogens is 338 g/mol. The number of aromatic nitrogens is 2. The van der Waals surface area contributed by atoms with Crippen LogP contribution >= 0.6 is 0 Å². The van der Waals surface area contributed by atoms with Crippen LogP contribution in [0.15, 0.2) is 36.4 Å². The number of hydrogen-bond donors (Lipinski definition) is 2. The standard InChI is InChI=1S/C21H29N5O/c1-17-24-19(16-20(25-17)26-14-6-3-7-15-26)22-12-13-23-21(27)11-10-18-8-4-2-5-9-18/h2,4-5,8-9,16H,3,6-7,10-15H2,1H3,(H,23,27)(H,22,24,25). The highest BCUT2D eigenvalue weighted by Crippen LogP contribution is 2.20. The van der Waals surface area contributed by atoms with Crippen molar-refractivity contribution in [3.8, 4) is 0 Å². The molecule has 1 amide bonds. The van der Waals surface area contributed by atoms with Crippen LogP contribution in [0.4, 0.5) is 11.6 Å². The summed E-state index contributed by atoms with van der Waals surface area (Å²) in [4.78, 5) is 23.3. The molecule has 1 aliphatic heterocycles. The molecule has 0 unspecified atom stereocenters. The van der Waals surface area contributed by atoms with Crippen LogP contribution in [0.1, 0.15) is 37.1 Å².